The van der Waals surface area contributed by atoms with E-state index in [0.717, 1.165) is 5.57 Å². The summed E-state index contributed by atoms with van der Waals surface area (Å²) in [5.41, 5.74) is 0.248. The van der Waals surface area contributed by atoms with Gasteiger partial charge in [0.25, 0.3) is 0 Å². The SMILES string of the molecule is CC(C)(C)C(=O)OCOCC1=CC[C@H](/C=C2\C=CC(=N)NC(=O)C2)O1. The Balaban J connectivity index is 1.75. The van der Waals surface area contributed by atoms with Crippen LogP contribution in [0, 0.1) is 10.8 Å². The molecule has 0 bridgehead atoms. The zero-order chi connectivity index (χ0) is 18.4. The minimum Gasteiger partial charge on any atom is -0.488 e. The van der Waals surface area contributed by atoms with Crippen LogP contribution in [0.5, 0.6) is 0 Å². The number of hydrogen-bond donors (Lipinski definition) is 2. The smallest absolute Gasteiger partial charge is 0.313 e. The van der Waals surface area contributed by atoms with Crippen molar-refractivity contribution in [2.24, 2.45) is 5.41 Å². The first kappa shape index (κ1) is 18.9. The van der Waals surface area contributed by atoms with Crippen molar-refractivity contribution >= 4 is 17.7 Å². The first-order valence-electron chi connectivity index (χ1n) is 8.12. The van der Waals surface area contributed by atoms with Gasteiger partial charge in [-0.05, 0) is 44.6 Å². The van der Waals surface area contributed by atoms with Gasteiger partial charge in [0, 0.05) is 6.42 Å². The van der Waals surface area contributed by atoms with Crippen LogP contribution in [0.1, 0.15) is 33.6 Å². The fraction of sp³-hybridized carbons (Fsp3) is 0.500. The number of esters is 1. The summed E-state index contributed by atoms with van der Waals surface area (Å²) >= 11 is 0. The highest BCUT2D eigenvalue weighted by Gasteiger charge is 2.23. The Kier molecular flexibility index (Phi) is 6.14. The highest BCUT2D eigenvalue weighted by atomic mass is 16.7. The third kappa shape index (κ3) is 6.19. The fourth-order valence-corrected chi connectivity index (χ4v) is 2.21. The lowest BCUT2D eigenvalue weighted by Gasteiger charge is -2.16. The molecule has 2 rings (SSSR count). The third-order valence-electron chi connectivity index (χ3n) is 3.51. The van der Waals surface area contributed by atoms with E-state index in [1.54, 1.807) is 32.9 Å². The number of nitrogens with one attached hydrogen (secondary N) is 2. The molecule has 0 aromatic carbocycles. The van der Waals surface area contributed by atoms with Gasteiger partial charge in [-0.1, -0.05) is 6.08 Å². The number of rotatable bonds is 5. The van der Waals surface area contributed by atoms with Crippen molar-refractivity contribution in [3.05, 3.63) is 35.6 Å². The maximum absolute atomic E-state index is 11.6. The van der Waals surface area contributed by atoms with Crippen LogP contribution in [0.25, 0.3) is 0 Å². The largest absolute Gasteiger partial charge is 0.488 e. The van der Waals surface area contributed by atoms with Gasteiger partial charge in [0.15, 0.2) is 6.79 Å². The number of carbonyl (C=O) groups excluding carboxylic acids is 2. The lowest BCUT2D eigenvalue weighted by atomic mass is 9.98. The molecule has 0 saturated heterocycles. The zero-order valence-corrected chi connectivity index (χ0v) is 14.8. The minimum atomic E-state index is -0.557. The Morgan fingerprint density at radius 3 is 2.92 bits per heavy atom. The van der Waals surface area contributed by atoms with Gasteiger partial charge in [0.2, 0.25) is 5.91 Å². The molecule has 7 heteroatoms. The number of amides is 1. The van der Waals surface area contributed by atoms with Crippen LogP contribution >= 0.6 is 0 Å². The van der Waals surface area contributed by atoms with Crippen molar-refractivity contribution in [3.63, 3.8) is 0 Å². The van der Waals surface area contributed by atoms with E-state index in [4.69, 9.17) is 19.6 Å². The third-order valence-corrected chi connectivity index (χ3v) is 3.51. The van der Waals surface area contributed by atoms with Gasteiger partial charge in [-0.3, -0.25) is 15.0 Å². The van der Waals surface area contributed by atoms with E-state index in [2.05, 4.69) is 5.32 Å². The maximum Gasteiger partial charge on any atom is 0.313 e. The topological polar surface area (TPSA) is 97.7 Å². The molecule has 2 N–H and O–H groups in total. The predicted molar refractivity (Wildman–Crippen MR) is 91.6 cm³/mol. The predicted octanol–water partition coefficient (Wildman–Crippen LogP) is 2.20. The molecule has 2 heterocycles. The number of hydrogen-bond acceptors (Lipinski definition) is 6. The normalized spacial score (nSPS) is 22.3. The van der Waals surface area contributed by atoms with E-state index in [1.165, 1.54) is 0 Å². The monoisotopic (exact) mass is 348 g/mol. The molecule has 2 aliphatic heterocycles. The molecule has 136 valence electrons. The van der Waals surface area contributed by atoms with Crippen LogP contribution in [0.15, 0.2) is 35.6 Å². The van der Waals surface area contributed by atoms with Crippen molar-refractivity contribution in [3.8, 4) is 0 Å². The summed E-state index contributed by atoms with van der Waals surface area (Å²) < 4.78 is 16.1. The zero-order valence-electron chi connectivity index (χ0n) is 14.8. The summed E-state index contributed by atoms with van der Waals surface area (Å²) in [6.45, 7) is 5.44. The molecule has 1 amide bonds. The van der Waals surface area contributed by atoms with E-state index >= 15 is 0 Å². The van der Waals surface area contributed by atoms with Crippen molar-refractivity contribution in [1.29, 1.82) is 5.41 Å². The van der Waals surface area contributed by atoms with Crippen molar-refractivity contribution in [2.45, 2.75) is 39.7 Å². The molecule has 0 radical (unpaired) electrons. The molecule has 0 aliphatic carbocycles. The van der Waals surface area contributed by atoms with Crippen LogP contribution in [0.2, 0.25) is 0 Å². The van der Waals surface area contributed by atoms with Gasteiger partial charge in [0.1, 0.15) is 24.3 Å². The second-order valence-electron chi connectivity index (χ2n) is 6.92. The molecular formula is C18H24N2O5. The number of carbonyl (C=O) groups is 2. The molecule has 0 spiro atoms. The average Bonchev–Trinajstić information content (AvgIpc) is 2.88. The molecule has 25 heavy (non-hydrogen) atoms. The Morgan fingerprint density at radius 2 is 2.20 bits per heavy atom. The minimum absolute atomic E-state index is 0.0813. The fourth-order valence-electron chi connectivity index (χ4n) is 2.21. The van der Waals surface area contributed by atoms with Crippen molar-refractivity contribution in [1.82, 2.24) is 5.32 Å². The van der Waals surface area contributed by atoms with Gasteiger partial charge < -0.3 is 19.5 Å². The molecule has 7 nitrogen and oxygen atoms in total. The van der Waals surface area contributed by atoms with Gasteiger partial charge in [-0.15, -0.1) is 0 Å². The van der Waals surface area contributed by atoms with Crippen LogP contribution < -0.4 is 5.32 Å². The van der Waals surface area contributed by atoms with E-state index in [9.17, 15) is 9.59 Å². The first-order valence-corrected chi connectivity index (χ1v) is 8.12. The van der Waals surface area contributed by atoms with E-state index in [1.807, 2.05) is 12.2 Å². The summed E-state index contributed by atoms with van der Waals surface area (Å²) in [6, 6.07) is 0. The van der Waals surface area contributed by atoms with E-state index in [0.29, 0.717) is 12.2 Å². The first-order chi connectivity index (χ1) is 11.7. The molecule has 0 aromatic rings. The van der Waals surface area contributed by atoms with Gasteiger partial charge >= 0.3 is 5.97 Å². The van der Waals surface area contributed by atoms with Crippen LogP contribution in [-0.4, -0.2) is 37.2 Å². The van der Waals surface area contributed by atoms with Gasteiger partial charge in [-0.2, -0.15) is 0 Å². The lowest BCUT2D eigenvalue weighted by molar-refractivity contribution is -0.165. The maximum atomic E-state index is 11.6. The highest BCUT2D eigenvalue weighted by Crippen LogP contribution is 2.21. The molecule has 2 aliphatic rings. The molecule has 0 saturated carbocycles. The number of ether oxygens (including phenoxy) is 3. The van der Waals surface area contributed by atoms with Crippen LogP contribution in [-0.2, 0) is 23.8 Å². The van der Waals surface area contributed by atoms with Crippen molar-refractivity contribution in [2.75, 3.05) is 13.4 Å². The van der Waals surface area contributed by atoms with Crippen LogP contribution in [0.4, 0.5) is 0 Å². The Hall–Kier alpha value is -2.41. The molecule has 0 aromatic heterocycles. The molecule has 1 atom stereocenters. The second-order valence-corrected chi connectivity index (χ2v) is 6.92. The van der Waals surface area contributed by atoms with Gasteiger partial charge in [-0.25, -0.2) is 0 Å². The summed E-state index contributed by atoms with van der Waals surface area (Å²) in [5, 5.41) is 9.95. The van der Waals surface area contributed by atoms with Crippen LogP contribution in [0.3, 0.4) is 0 Å². The summed E-state index contributed by atoms with van der Waals surface area (Å²) in [4.78, 5) is 23.2. The summed E-state index contributed by atoms with van der Waals surface area (Å²) in [7, 11) is 0. The van der Waals surface area contributed by atoms with E-state index < -0.39 is 5.41 Å². The van der Waals surface area contributed by atoms with Gasteiger partial charge in [0.05, 0.1) is 11.8 Å². The summed E-state index contributed by atoms with van der Waals surface area (Å²) in [6.07, 6.45) is 7.80. The van der Waals surface area contributed by atoms with E-state index in [-0.39, 0.29) is 43.6 Å². The number of amidine groups is 1. The van der Waals surface area contributed by atoms with Crippen molar-refractivity contribution < 1.29 is 23.8 Å². The Labute approximate surface area is 147 Å². The molecular weight excluding hydrogens is 324 g/mol. The number of allylic oxidation sites excluding steroid dienone is 1. The quantitative estimate of drug-likeness (QED) is 0.451. The highest BCUT2D eigenvalue weighted by molar-refractivity contribution is 6.04. The molecule has 0 unspecified atom stereocenters. The Morgan fingerprint density at radius 1 is 1.44 bits per heavy atom. The Bertz CT molecular complexity index is 640. The lowest BCUT2D eigenvalue weighted by Crippen LogP contribution is -2.26. The molecule has 0 fully saturated rings. The average molecular weight is 348 g/mol. The second kappa shape index (κ2) is 8.11. The summed E-state index contributed by atoms with van der Waals surface area (Å²) in [5.74, 6) is 0.220. The standard InChI is InChI=1S/C18H24N2O5/c1-18(2,3)17(22)24-11-23-10-14-6-5-13(25-14)8-12-4-7-15(19)20-16(21)9-12/h4,6-8,13H,5,9-11H2,1-3H3,(H2,19,20,21)/b12-8+/t13-/m1/s1.